The van der Waals surface area contributed by atoms with Crippen molar-refractivity contribution in [2.75, 3.05) is 38.6 Å². The van der Waals surface area contributed by atoms with Crippen LogP contribution in [0.1, 0.15) is 11.1 Å². The van der Waals surface area contributed by atoms with Crippen molar-refractivity contribution in [3.63, 3.8) is 0 Å². The van der Waals surface area contributed by atoms with Crippen LogP contribution in [0.25, 0.3) is 0 Å². The Labute approximate surface area is 173 Å². The van der Waals surface area contributed by atoms with Crippen LogP contribution in [0, 0.1) is 10.1 Å². The molecule has 0 N–H and O–H groups in total. The van der Waals surface area contributed by atoms with Gasteiger partial charge in [0.15, 0.2) is 5.84 Å². The Morgan fingerprint density at radius 1 is 1.17 bits per heavy atom. The summed E-state index contributed by atoms with van der Waals surface area (Å²) < 4.78 is 0. The van der Waals surface area contributed by atoms with E-state index in [0.29, 0.717) is 41.8 Å². The average Bonchev–Trinajstić information content (AvgIpc) is 2.84. The first-order valence-corrected chi connectivity index (χ1v) is 9.44. The molecule has 0 unspecified atom stereocenters. The number of rotatable bonds is 4. The maximum Gasteiger partial charge on any atom is 0.270 e. The van der Waals surface area contributed by atoms with E-state index in [1.807, 2.05) is 42.1 Å². The minimum Gasteiger partial charge on any atom is -0.320 e. The van der Waals surface area contributed by atoms with E-state index in [1.165, 1.54) is 6.07 Å². The Bertz CT molecular complexity index is 1080. The van der Waals surface area contributed by atoms with Gasteiger partial charge in [-0.1, -0.05) is 29.8 Å². The largest absolute Gasteiger partial charge is 0.320 e. The van der Waals surface area contributed by atoms with Crippen LogP contribution >= 0.6 is 11.6 Å². The van der Waals surface area contributed by atoms with Gasteiger partial charge in [0.2, 0.25) is 0 Å². The average molecular weight is 411 g/mol. The van der Waals surface area contributed by atoms with E-state index in [-0.39, 0.29) is 5.69 Å². The summed E-state index contributed by atoms with van der Waals surface area (Å²) >= 11 is 6.43. The van der Waals surface area contributed by atoms with Crippen LogP contribution in [-0.4, -0.2) is 60.8 Å². The lowest BCUT2D eigenvalue weighted by Crippen LogP contribution is -2.42. The molecule has 0 bridgehead atoms. The molecule has 0 amide bonds. The Morgan fingerprint density at radius 2 is 1.97 bits per heavy atom. The molecule has 2 aliphatic heterocycles. The van der Waals surface area contributed by atoms with Crippen LogP contribution in [0.15, 0.2) is 57.7 Å². The van der Waals surface area contributed by atoms with Gasteiger partial charge in [-0.15, -0.1) is 5.10 Å². The highest BCUT2D eigenvalue weighted by Crippen LogP contribution is 2.33. The Morgan fingerprint density at radius 3 is 2.69 bits per heavy atom. The van der Waals surface area contributed by atoms with Crippen LogP contribution in [-0.2, 0) is 0 Å². The van der Waals surface area contributed by atoms with Gasteiger partial charge in [0.05, 0.1) is 35.1 Å². The molecule has 2 aromatic carbocycles. The number of hydrogen-bond acceptors (Lipinski definition) is 7. The summed E-state index contributed by atoms with van der Waals surface area (Å²) in [7, 11) is 3.94. The predicted molar refractivity (Wildman–Crippen MR) is 116 cm³/mol. The van der Waals surface area contributed by atoms with Crippen LogP contribution < -0.4 is 4.90 Å². The molecule has 2 aromatic rings. The number of nitrogens with zero attached hydrogens (tertiary/aromatic N) is 6. The first-order valence-electron chi connectivity index (χ1n) is 9.06. The van der Waals surface area contributed by atoms with E-state index < -0.39 is 4.92 Å². The van der Waals surface area contributed by atoms with Gasteiger partial charge in [-0.25, -0.2) is 0 Å². The maximum atomic E-state index is 11.4. The molecule has 2 aliphatic rings. The molecule has 0 aliphatic carbocycles. The molecular weight excluding hydrogens is 392 g/mol. The number of nitro benzene ring substituents is 1. The van der Waals surface area contributed by atoms with Crippen LogP contribution in [0.2, 0.25) is 5.02 Å². The summed E-state index contributed by atoms with van der Waals surface area (Å²) in [5, 5.41) is 20.7. The van der Waals surface area contributed by atoms with E-state index in [1.54, 1.807) is 18.2 Å². The molecule has 2 heterocycles. The van der Waals surface area contributed by atoms with Crippen LogP contribution in [0.3, 0.4) is 0 Å². The molecule has 29 heavy (non-hydrogen) atoms. The van der Waals surface area contributed by atoms with Crippen molar-refractivity contribution < 1.29 is 4.92 Å². The van der Waals surface area contributed by atoms with E-state index in [4.69, 9.17) is 16.6 Å². The highest BCUT2D eigenvalue weighted by molar-refractivity contribution is 6.36. The second kappa shape index (κ2) is 7.73. The SMILES string of the molecule is CN(C)CC1=NN=C2CN=C(c3ccccc3Cl)c3cc([N+](=O)[O-])ccc3N2C1. The van der Waals surface area contributed by atoms with E-state index >= 15 is 0 Å². The molecule has 0 atom stereocenters. The van der Waals surface area contributed by atoms with Crippen LogP contribution in [0.5, 0.6) is 0 Å². The number of fused-ring (bicyclic) bond motifs is 3. The fourth-order valence-corrected chi connectivity index (χ4v) is 3.68. The van der Waals surface area contributed by atoms with Crippen molar-refractivity contribution in [3.05, 3.63) is 68.7 Å². The van der Waals surface area contributed by atoms with Gasteiger partial charge in [0.25, 0.3) is 5.69 Å². The lowest BCUT2D eigenvalue weighted by Gasteiger charge is -2.29. The molecule has 9 heteroatoms. The van der Waals surface area contributed by atoms with Gasteiger partial charge in [-0.3, -0.25) is 15.1 Å². The Hall–Kier alpha value is -3.10. The quantitative estimate of drug-likeness (QED) is 0.572. The Kier molecular flexibility index (Phi) is 5.12. The summed E-state index contributed by atoms with van der Waals surface area (Å²) in [4.78, 5) is 19.8. The van der Waals surface area contributed by atoms with E-state index in [0.717, 1.165) is 17.0 Å². The van der Waals surface area contributed by atoms with Gasteiger partial charge in [0, 0.05) is 34.8 Å². The Balaban J connectivity index is 1.87. The molecule has 0 saturated carbocycles. The zero-order chi connectivity index (χ0) is 20.5. The number of amidine groups is 1. The van der Waals surface area contributed by atoms with Crippen molar-refractivity contribution in [1.82, 2.24) is 4.90 Å². The molecule has 0 aromatic heterocycles. The number of anilines is 1. The minimum absolute atomic E-state index is 0.00286. The summed E-state index contributed by atoms with van der Waals surface area (Å²) in [5.41, 5.74) is 3.71. The number of hydrogen-bond donors (Lipinski definition) is 0. The molecule has 148 valence electrons. The first-order chi connectivity index (χ1) is 13.9. The maximum absolute atomic E-state index is 11.4. The summed E-state index contributed by atoms with van der Waals surface area (Å²) in [5.74, 6) is 0.699. The van der Waals surface area contributed by atoms with Crippen molar-refractivity contribution in [3.8, 4) is 0 Å². The predicted octanol–water partition coefficient (Wildman–Crippen LogP) is 3.24. The van der Waals surface area contributed by atoms with Crippen molar-refractivity contribution >= 4 is 40.2 Å². The fourth-order valence-electron chi connectivity index (χ4n) is 3.46. The number of aliphatic imine (C=N–C) groups is 1. The summed E-state index contributed by atoms with van der Waals surface area (Å²) in [6, 6.07) is 12.2. The molecule has 0 fully saturated rings. The van der Waals surface area contributed by atoms with Crippen LogP contribution in [0.4, 0.5) is 11.4 Å². The molecule has 0 radical (unpaired) electrons. The monoisotopic (exact) mass is 410 g/mol. The molecule has 8 nitrogen and oxygen atoms in total. The third kappa shape index (κ3) is 3.76. The number of non-ortho nitro benzene ring substituents is 1. The molecule has 0 spiro atoms. The number of nitro groups is 1. The lowest BCUT2D eigenvalue weighted by molar-refractivity contribution is -0.384. The van der Waals surface area contributed by atoms with Gasteiger partial charge >= 0.3 is 0 Å². The molecule has 4 rings (SSSR count). The second-order valence-corrected chi connectivity index (χ2v) is 7.52. The fraction of sp³-hybridized carbons (Fsp3) is 0.250. The van der Waals surface area contributed by atoms with E-state index in [9.17, 15) is 10.1 Å². The first kappa shape index (κ1) is 19.2. The van der Waals surface area contributed by atoms with Crippen molar-refractivity contribution in [1.29, 1.82) is 0 Å². The zero-order valence-corrected chi connectivity index (χ0v) is 16.8. The minimum atomic E-state index is -0.403. The summed E-state index contributed by atoms with van der Waals surface area (Å²) in [6.07, 6.45) is 0. The highest BCUT2D eigenvalue weighted by Gasteiger charge is 2.29. The normalized spacial score (nSPS) is 15.7. The van der Waals surface area contributed by atoms with Crippen molar-refractivity contribution in [2.24, 2.45) is 15.2 Å². The second-order valence-electron chi connectivity index (χ2n) is 7.11. The third-order valence-corrected chi connectivity index (χ3v) is 5.03. The van der Waals surface area contributed by atoms with Gasteiger partial charge in [0.1, 0.15) is 0 Å². The standard InChI is InChI=1S/C20H19ClN6O2/c1-25(2)11-13-12-26-18-8-7-14(27(28)29)9-16(18)20(22-10-19(26)24-23-13)15-5-3-4-6-17(15)21/h3-9H,10-12H2,1-2H3. The smallest absolute Gasteiger partial charge is 0.270 e. The zero-order valence-electron chi connectivity index (χ0n) is 16.0. The lowest BCUT2D eigenvalue weighted by atomic mass is 9.99. The summed E-state index contributed by atoms with van der Waals surface area (Å²) in [6.45, 7) is 1.53. The van der Waals surface area contributed by atoms with E-state index in [2.05, 4.69) is 10.2 Å². The van der Waals surface area contributed by atoms with Gasteiger partial charge in [-0.2, -0.15) is 5.10 Å². The molecule has 0 saturated heterocycles. The number of halogens is 1. The molecular formula is C20H19ClN6O2. The van der Waals surface area contributed by atoms with Gasteiger partial charge < -0.3 is 9.80 Å². The number of benzene rings is 2. The third-order valence-electron chi connectivity index (χ3n) is 4.70. The van der Waals surface area contributed by atoms with Gasteiger partial charge in [-0.05, 0) is 26.2 Å². The topological polar surface area (TPSA) is 86.7 Å². The highest BCUT2D eigenvalue weighted by atomic mass is 35.5. The van der Waals surface area contributed by atoms with Crippen molar-refractivity contribution in [2.45, 2.75) is 0 Å².